The first-order valence-corrected chi connectivity index (χ1v) is 6.52. The molecule has 0 spiro atoms. The minimum absolute atomic E-state index is 0.505. The van der Waals surface area contributed by atoms with Gasteiger partial charge < -0.3 is 5.32 Å². The first kappa shape index (κ1) is 10.7. The van der Waals surface area contributed by atoms with Crippen LogP contribution in [0.1, 0.15) is 37.3 Å². The summed E-state index contributed by atoms with van der Waals surface area (Å²) in [6.45, 7) is 1.14. The summed E-state index contributed by atoms with van der Waals surface area (Å²) in [6, 6.07) is 11.2. The topological polar surface area (TPSA) is 24.9 Å². The minimum Gasteiger partial charge on any atom is -0.310 e. The SMILES string of the molecule is c1cc([C@@H]2CCCCCN2)c2cccnc2c1. The summed E-state index contributed by atoms with van der Waals surface area (Å²) in [5.41, 5.74) is 2.52. The van der Waals surface area contributed by atoms with Gasteiger partial charge in [0.05, 0.1) is 5.52 Å². The molecule has 1 aromatic heterocycles. The van der Waals surface area contributed by atoms with Crippen molar-refractivity contribution in [3.05, 3.63) is 42.1 Å². The van der Waals surface area contributed by atoms with Crippen LogP contribution in [0.15, 0.2) is 36.5 Å². The molecule has 2 heteroatoms. The van der Waals surface area contributed by atoms with Crippen molar-refractivity contribution in [2.45, 2.75) is 31.7 Å². The Morgan fingerprint density at radius 2 is 2.06 bits per heavy atom. The first-order chi connectivity index (χ1) is 8.45. The second-order valence-electron chi connectivity index (χ2n) is 4.77. The largest absolute Gasteiger partial charge is 0.310 e. The number of pyridine rings is 1. The lowest BCUT2D eigenvalue weighted by Gasteiger charge is -2.18. The van der Waals surface area contributed by atoms with Gasteiger partial charge in [0.15, 0.2) is 0 Å². The van der Waals surface area contributed by atoms with E-state index in [2.05, 4.69) is 34.6 Å². The van der Waals surface area contributed by atoms with Crippen LogP contribution in [0.25, 0.3) is 10.9 Å². The number of nitrogens with one attached hydrogen (secondary N) is 1. The molecule has 2 aromatic rings. The molecule has 1 atom stereocenters. The average molecular weight is 226 g/mol. The summed E-state index contributed by atoms with van der Waals surface area (Å²) in [5.74, 6) is 0. The van der Waals surface area contributed by atoms with Crippen molar-refractivity contribution < 1.29 is 0 Å². The van der Waals surface area contributed by atoms with Crippen molar-refractivity contribution >= 4 is 10.9 Å². The Bertz CT molecular complexity index is 494. The maximum atomic E-state index is 4.43. The van der Waals surface area contributed by atoms with Gasteiger partial charge in [0.2, 0.25) is 0 Å². The predicted molar refractivity (Wildman–Crippen MR) is 71.0 cm³/mol. The average Bonchev–Trinajstić information content (AvgIpc) is 2.67. The molecule has 0 amide bonds. The highest BCUT2D eigenvalue weighted by molar-refractivity contribution is 5.82. The third kappa shape index (κ3) is 2.18. The zero-order valence-electron chi connectivity index (χ0n) is 10.0. The van der Waals surface area contributed by atoms with E-state index in [1.165, 1.54) is 36.6 Å². The van der Waals surface area contributed by atoms with Gasteiger partial charge in [-0.15, -0.1) is 0 Å². The van der Waals surface area contributed by atoms with E-state index in [0.717, 1.165) is 12.1 Å². The van der Waals surface area contributed by atoms with Gasteiger partial charge in [-0.25, -0.2) is 0 Å². The molecule has 3 rings (SSSR count). The summed E-state index contributed by atoms with van der Waals surface area (Å²) in [5, 5.41) is 4.96. The van der Waals surface area contributed by atoms with Crippen molar-refractivity contribution in [1.82, 2.24) is 10.3 Å². The third-order valence-electron chi connectivity index (χ3n) is 3.62. The molecule has 1 aromatic carbocycles. The van der Waals surface area contributed by atoms with Crippen LogP contribution in [-0.4, -0.2) is 11.5 Å². The van der Waals surface area contributed by atoms with Crippen LogP contribution in [-0.2, 0) is 0 Å². The van der Waals surface area contributed by atoms with E-state index >= 15 is 0 Å². The molecule has 0 radical (unpaired) electrons. The molecule has 1 aliphatic heterocycles. The molecule has 0 unspecified atom stereocenters. The van der Waals surface area contributed by atoms with Crippen LogP contribution >= 0.6 is 0 Å². The maximum absolute atomic E-state index is 4.43. The van der Waals surface area contributed by atoms with Gasteiger partial charge in [0.25, 0.3) is 0 Å². The summed E-state index contributed by atoms with van der Waals surface area (Å²) in [6.07, 6.45) is 7.10. The van der Waals surface area contributed by atoms with Crippen molar-refractivity contribution in [2.24, 2.45) is 0 Å². The van der Waals surface area contributed by atoms with Crippen molar-refractivity contribution in [3.8, 4) is 0 Å². The second kappa shape index (κ2) is 4.84. The Morgan fingerprint density at radius 3 is 3.06 bits per heavy atom. The number of hydrogen-bond donors (Lipinski definition) is 1. The van der Waals surface area contributed by atoms with Crippen LogP contribution in [0.4, 0.5) is 0 Å². The highest BCUT2D eigenvalue weighted by Gasteiger charge is 2.15. The number of hydrogen-bond acceptors (Lipinski definition) is 2. The quantitative estimate of drug-likeness (QED) is 0.805. The lowest BCUT2D eigenvalue weighted by molar-refractivity contribution is 0.538. The number of benzene rings is 1. The van der Waals surface area contributed by atoms with Crippen LogP contribution in [0.5, 0.6) is 0 Å². The fraction of sp³-hybridized carbons (Fsp3) is 0.400. The first-order valence-electron chi connectivity index (χ1n) is 6.52. The van der Waals surface area contributed by atoms with Crippen LogP contribution < -0.4 is 5.32 Å². The molecular weight excluding hydrogens is 208 g/mol. The van der Waals surface area contributed by atoms with Crippen molar-refractivity contribution in [2.75, 3.05) is 6.54 Å². The smallest absolute Gasteiger partial charge is 0.0705 e. The van der Waals surface area contributed by atoms with E-state index in [4.69, 9.17) is 0 Å². The van der Waals surface area contributed by atoms with Crippen LogP contribution in [0.3, 0.4) is 0 Å². The standard InChI is InChI=1S/C15H18N2/c1-2-8-14(16-10-3-1)12-6-4-9-15-13(12)7-5-11-17-15/h4-7,9,11,14,16H,1-3,8,10H2/t14-/m0/s1. The Kier molecular flexibility index (Phi) is 3.06. The molecule has 0 aliphatic carbocycles. The zero-order valence-corrected chi connectivity index (χ0v) is 10.0. The summed E-state index contributed by atoms with van der Waals surface area (Å²) >= 11 is 0. The van der Waals surface area contributed by atoms with E-state index in [1.54, 1.807) is 0 Å². The van der Waals surface area contributed by atoms with Crippen molar-refractivity contribution in [3.63, 3.8) is 0 Å². The molecule has 1 N–H and O–H groups in total. The molecule has 2 nitrogen and oxygen atoms in total. The highest BCUT2D eigenvalue weighted by atomic mass is 14.9. The molecule has 88 valence electrons. The number of rotatable bonds is 1. The summed E-state index contributed by atoms with van der Waals surface area (Å²) in [4.78, 5) is 4.43. The molecule has 0 saturated carbocycles. The van der Waals surface area contributed by atoms with Gasteiger partial charge in [-0.2, -0.15) is 0 Å². The van der Waals surface area contributed by atoms with E-state index in [-0.39, 0.29) is 0 Å². The molecule has 17 heavy (non-hydrogen) atoms. The maximum Gasteiger partial charge on any atom is 0.0705 e. The molecular formula is C15H18N2. The summed E-state index contributed by atoms with van der Waals surface area (Å²) < 4.78 is 0. The van der Waals surface area contributed by atoms with Gasteiger partial charge in [-0.3, -0.25) is 4.98 Å². The van der Waals surface area contributed by atoms with E-state index in [0.29, 0.717) is 6.04 Å². The Hall–Kier alpha value is -1.41. The van der Waals surface area contributed by atoms with Crippen molar-refractivity contribution in [1.29, 1.82) is 0 Å². The number of aromatic nitrogens is 1. The molecule has 0 bridgehead atoms. The van der Waals surface area contributed by atoms with Gasteiger partial charge in [0.1, 0.15) is 0 Å². The Balaban J connectivity index is 2.03. The highest BCUT2D eigenvalue weighted by Crippen LogP contribution is 2.28. The van der Waals surface area contributed by atoms with E-state index < -0.39 is 0 Å². The fourth-order valence-corrected chi connectivity index (χ4v) is 2.73. The predicted octanol–water partition coefficient (Wildman–Crippen LogP) is 3.44. The lowest BCUT2D eigenvalue weighted by atomic mass is 9.98. The molecule has 1 fully saturated rings. The second-order valence-corrected chi connectivity index (χ2v) is 4.77. The minimum atomic E-state index is 0.505. The van der Waals surface area contributed by atoms with Gasteiger partial charge in [0, 0.05) is 17.6 Å². The number of fused-ring (bicyclic) bond motifs is 1. The number of nitrogens with zero attached hydrogens (tertiary/aromatic N) is 1. The zero-order chi connectivity index (χ0) is 11.5. The van der Waals surface area contributed by atoms with Gasteiger partial charge in [-0.1, -0.05) is 31.0 Å². The Labute approximate surface area is 102 Å². The molecule has 1 aliphatic rings. The van der Waals surface area contributed by atoms with E-state index in [9.17, 15) is 0 Å². The van der Waals surface area contributed by atoms with Crippen LogP contribution in [0.2, 0.25) is 0 Å². The molecule has 1 saturated heterocycles. The van der Waals surface area contributed by atoms with Crippen LogP contribution in [0, 0.1) is 0 Å². The monoisotopic (exact) mass is 226 g/mol. The normalized spacial score (nSPS) is 21.3. The summed E-state index contributed by atoms with van der Waals surface area (Å²) in [7, 11) is 0. The fourth-order valence-electron chi connectivity index (χ4n) is 2.73. The Morgan fingerprint density at radius 1 is 1.06 bits per heavy atom. The van der Waals surface area contributed by atoms with Gasteiger partial charge >= 0.3 is 0 Å². The lowest BCUT2D eigenvalue weighted by Crippen LogP contribution is -2.20. The van der Waals surface area contributed by atoms with Gasteiger partial charge in [-0.05, 0) is 37.1 Å². The van der Waals surface area contributed by atoms with E-state index in [1.807, 2.05) is 12.3 Å². The molecule has 2 heterocycles. The third-order valence-corrected chi connectivity index (χ3v) is 3.62.